The summed E-state index contributed by atoms with van der Waals surface area (Å²) in [4.78, 5) is 12.3. The van der Waals surface area contributed by atoms with Crippen LogP contribution in [0.25, 0.3) is 11.0 Å². The van der Waals surface area contributed by atoms with Gasteiger partial charge in [0.2, 0.25) is 0 Å². The molecule has 1 aliphatic heterocycles. The smallest absolute Gasteiger partial charge is 0.304 e. The third kappa shape index (κ3) is 4.93. The fourth-order valence-corrected chi connectivity index (χ4v) is 6.63. The van der Waals surface area contributed by atoms with Gasteiger partial charge in [0.05, 0.1) is 20.1 Å². The number of fused-ring (bicyclic) bond motifs is 2. The molecule has 1 aliphatic rings. The van der Waals surface area contributed by atoms with Gasteiger partial charge in [-0.25, -0.2) is 4.68 Å². The molecule has 0 fully saturated rings. The lowest BCUT2D eigenvalue weighted by Crippen LogP contribution is -2.33. The lowest BCUT2D eigenvalue weighted by Gasteiger charge is -2.41. The summed E-state index contributed by atoms with van der Waals surface area (Å²) in [5, 5.41) is 18.0. The molecule has 0 saturated heterocycles. The molecule has 11 heteroatoms. The van der Waals surface area contributed by atoms with Crippen LogP contribution in [0.5, 0.6) is 11.5 Å². The van der Waals surface area contributed by atoms with Gasteiger partial charge in [-0.3, -0.25) is 13.9 Å². The molecule has 0 amide bonds. The third-order valence-corrected chi connectivity index (χ3v) is 8.62. The molecule has 10 nitrogen and oxygen atoms in total. The van der Waals surface area contributed by atoms with Crippen molar-refractivity contribution in [3.63, 3.8) is 0 Å². The number of aryl methyl sites for hydroxylation is 1. The number of para-hydroxylation sites is 1. The molecule has 0 spiro atoms. The zero-order chi connectivity index (χ0) is 27.0. The van der Waals surface area contributed by atoms with Crippen molar-refractivity contribution in [3.05, 3.63) is 77.4 Å². The van der Waals surface area contributed by atoms with E-state index in [9.17, 15) is 19.0 Å². The molecule has 0 aliphatic carbocycles. The minimum Gasteiger partial charge on any atom is -0.494 e. The zero-order valence-electron chi connectivity index (χ0n) is 21.3. The summed E-state index contributed by atoms with van der Waals surface area (Å²) in [7, 11) is 0.0218. The van der Waals surface area contributed by atoms with Gasteiger partial charge < -0.3 is 14.6 Å². The lowest BCUT2D eigenvalue weighted by atomic mass is 9.87. The molecule has 1 unspecified atom stereocenters. The van der Waals surface area contributed by atoms with Crippen molar-refractivity contribution in [2.45, 2.75) is 36.8 Å². The van der Waals surface area contributed by atoms with Crippen molar-refractivity contribution in [3.8, 4) is 11.5 Å². The summed E-state index contributed by atoms with van der Waals surface area (Å²) >= 11 is 0. The van der Waals surface area contributed by atoms with E-state index in [1.807, 2.05) is 43.3 Å². The van der Waals surface area contributed by atoms with Crippen molar-refractivity contribution < 1.29 is 28.5 Å². The largest absolute Gasteiger partial charge is 0.494 e. The van der Waals surface area contributed by atoms with E-state index in [0.717, 1.165) is 22.2 Å². The molecule has 1 aromatic heterocycles. The number of hydrogen-bond donors (Lipinski definition) is 3. The normalized spacial score (nSPS) is 18.7. The van der Waals surface area contributed by atoms with E-state index in [2.05, 4.69) is 10.3 Å². The fraction of sp³-hybridized carbons (Fsp3) is 0.296. The minimum atomic E-state index is -3.31. The second-order valence-corrected chi connectivity index (χ2v) is 11.4. The highest BCUT2D eigenvalue weighted by atomic mass is 32.3. The number of carbonyl (C=O) groups is 1. The Labute approximate surface area is 221 Å². The predicted molar refractivity (Wildman–Crippen MR) is 144 cm³/mol. The number of carboxylic acids is 1. The van der Waals surface area contributed by atoms with Crippen LogP contribution in [0.1, 0.15) is 36.0 Å². The maximum absolute atomic E-state index is 11.9. The highest BCUT2D eigenvalue weighted by molar-refractivity contribution is 8.22. The van der Waals surface area contributed by atoms with Crippen LogP contribution in [0.2, 0.25) is 0 Å². The highest BCUT2D eigenvalue weighted by Crippen LogP contribution is 2.57. The Bertz CT molecular complexity index is 1490. The number of hydrogen-bond acceptors (Lipinski definition) is 8. The molecule has 4 aromatic rings. The van der Waals surface area contributed by atoms with E-state index in [1.165, 1.54) is 0 Å². The van der Waals surface area contributed by atoms with Gasteiger partial charge >= 0.3 is 5.97 Å². The maximum atomic E-state index is 11.9. The van der Waals surface area contributed by atoms with E-state index >= 15 is 0 Å². The number of carboxylic acid groups (broad SMARTS) is 1. The fourth-order valence-electron chi connectivity index (χ4n) is 4.96. The quantitative estimate of drug-likeness (QED) is 0.301. The molecular weight excluding hydrogens is 508 g/mol. The molecule has 0 bridgehead atoms. The van der Waals surface area contributed by atoms with Crippen molar-refractivity contribution in [1.82, 2.24) is 19.3 Å². The summed E-state index contributed by atoms with van der Waals surface area (Å²) in [6, 6.07) is 18.2. The number of methoxy groups -OCH3 is 1. The predicted octanol–water partition coefficient (Wildman–Crippen LogP) is 4.89. The third-order valence-electron chi connectivity index (χ3n) is 6.69. The van der Waals surface area contributed by atoms with Crippen molar-refractivity contribution in [2.75, 3.05) is 13.7 Å². The Morgan fingerprint density at radius 2 is 1.95 bits per heavy atom. The van der Waals surface area contributed by atoms with Crippen molar-refractivity contribution in [1.29, 1.82) is 0 Å². The number of aromatic nitrogens is 3. The van der Waals surface area contributed by atoms with E-state index in [0.29, 0.717) is 28.5 Å². The summed E-state index contributed by atoms with van der Waals surface area (Å²) in [6.45, 7) is 2.44. The van der Waals surface area contributed by atoms with Gasteiger partial charge in [-0.15, -0.1) is 15.9 Å². The first kappa shape index (κ1) is 26.0. The topological polar surface area (TPSA) is 130 Å². The van der Waals surface area contributed by atoms with Gasteiger partial charge in [-0.2, -0.15) is 4.31 Å². The lowest BCUT2D eigenvalue weighted by molar-refractivity contribution is -0.137. The Kier molecular flexibility index (Phi) is 7.01. The van der Waals surface area contributed by atoms with Crippen molar-refractivity contribution >= 4 is 27.8 Å². The molecule has 200 valence electrons. The summed E-state index contributed by atoms with van der Waals surface area (Å²) in [5.74, 6) is -0.406. The van der Waals surface area contributed by atoms with Crippen LogP contribution in [0.15, 0.2) is 65.6 Å². The van der Waals surface area contributed by atoms with E-state index < -0.39 is 22.7 Å². The van der Waals surface area contributed by atoms with Crippen LogP contribution >= 0.6 is 10.8 Å². The Morgan fingerprint density at radius 3 is 2.71 bits per heavy atom. The van der Waals surface area contributed by atoms with Crippen LogP contribution in [-0.4, -0.2) is 59.2 Å². The van der Waals surface area contributed by atoms with Gasteiger partial charge in [0.15, 0.2) is 0 Å². The van der Waals surface area contributed by atoms with Crippen LogP contribution < -0.4 is 9.47 Å². The van der Waals surface area contributed by atoms with Gasteiger partial charge in [0, 0.05) is 19.5 Å². The zero-order valence-corrected chi connectivity index (χ0v) is 22.1. The monoisotopic (exact) mass is 538 g/mol. The molecule has 2 atom stereocenters. The maximum Gasteiger partial charge on any atom is 0.304 e. The molecule has 0 saturated carbocycles. The van der Waals surface area contributed by atoms with Gasteiger partial charge in [-0.1, -0.05) is 41.6 Å². The first-order valence-corrected chi connectivity index (χ1v) is 13.6. The summed E-state index contributed by atoms with van der Waals surface area (Å²) in [6.07, 6.45) is -0.408. The van der Waals surface area contributed by atoms with Crippen LogP contribution in [0.4, 0.5) is 0 Å². The number of benzene rings is 3. The number of ether oxygens (including phenoxy) is 2. The SMILES string of the molecule is COc1cc(C(CC(=O)O)c2cccc(CN3C[C@@H](C)Oc4ccccc4S3(O)O)c2)cc2nnn(C)c12. The standard InChI is InChI=1S/C27H30N4O6S/c1-17-15-31(38(34,35)25-10-5-4-9-23(25)37-17)16-18-7-6-8-19(11-18)21(14-26(32)33)20-12-22-27(24(13-20)36-3)30(2)29-28-22/h4-13,17,21,34-35H,14-16H2,1-3H3,(H,32,33)/t17-,21?/m1/s1. The minimum absolute atomic E-state index is 0.143. The molecule has 0 radical (unpaired) electrons. The van der Waals surface area contributed by atoms with Crippen LogP contribution in [0, 0.1) is 0 Å². The number of aliphatic carboxylic acids is 1. The van der Waals surface area contributed by atoms with Gasteiger partial charge in [-0.05, 0) is 47.9 Å². The molecule has 3 aromatic carbocycles. The average molecular weight is 539 g/mol. The Morgan fingerprint density at radius 1 is 1.16 bits per heavy atom. The van der Waals surface area contributed by atoms with E-state index in [4.69, 9.17) is 9.47 Å². The first-order chi connectivity index (χ1) is 18.2. The average Bonchev–Trinajstić information content (AvgIpc) is 3.23. The Hall–Kier alpha value is -3.64. The molecular formula is C27H30N4O6S. The van der Waals surface area contributed by atoms with Crippen LogP contribution in [-0.2, 0) is 18.4 Å². The molecule has 38 heavy (non-hydrogen) atoms. The van der Waals surface area contributed by atoms with E-state index in [-0.39, 0.29) is 19.1 Å². The van der Waals surface area contributed by atoms with Crippen LogP contribution in [0.3, 0.4) is 0 Å². The summed E-state index contributed by atoms with van der Waals surface area (Å²) in [5.41, 5.74) is 3.68. The first-order valence-electron chi connectivity index (χ1n) is 12.1. The number of rotatable bonds is 7. The second-order valence-electron chi connectivity index (χ2n) is 9.42. The highest BCUT2D eigenvalue weighted by Gasteiger charge is 2.34. The number of nitrogens with zero attached hydrogens (tertiary/aromatic N) is 4. The second kappa shape index (κ2) is 10.3. The molecule has 3 N–H and O–H groups in total. The molecule has 2 heterocycles. The van der Waals surface area contributed by atoms with Gasteiger partial charge in [0.1, 0.15) is 33.5 Å². The molecule has 5 rings (SSSR count). The van der Waals surface area contributed by atoms with E-state index in [1.54, 1.807) is 47.4 Å². The Balaban J connectivity index is 1.51. The summed E-state index contributed by atoms with van der Waals surface area (Å²) < 4.78 is 37.3. The van der Waals surface area contributed by atoms with Gasteiger partial charge in [0.25, 0.3) is 0 Å². The van der Waals surface area contributed by atoms with Crippen molar-refractivity contribution in [2.24, 2.45) is 7.05 Å².